The summed E-state index contributed by atoms with van der Waals surface area (Å²) in [6.07, 6.45) is 9.08. The van der Waals surface area contributed by atoms with Gasteiger partial charge in [-0.3, -0.25) is 0 Å². The average Bonchev–Trinajstić information content (AvgIpc) is 1.96. The molecule has 0 rings (SSSR count). The van der Waals surface area contributed by atoms with E-state index < -0.39 is 0 Å². The third kappa shape index (κ3) is 8.23. The lowest BCUT2D eigenvalue weighted by molar-refractivity contribution is 0.616. The molecule has 15 heavy (non-hydrogen) atoms. The van der Waals surface area contributed by atoms with Crippen LogP contribution in [0.15, 0.2) is 35.5 Å². The summed E-state index contributed by atoms with van der Waals surface area (Å²) in [6, 6.07) is 0. The smallest absolute Gasteiger partial charge is 0.00126 e. The van der Waals surface area contributed by atoms with Gasteiger partial charge in [0.05, 0.1) is 0 Å². The third-order valence-corrected chi connectivity index (χ3v) is 2.00. The highest BCUT2D eigenvalue weighted by Crippen LogP contribution is 2.23. The van der Waals surface area contributed by atoms with Gasteiger partial charge in [0, 0.05) is 5.41 Å². The molecule has 0 unspecified atom stereocenters. The zero-order valence-electron chi connectivity index (χ0n) is 11.4. The molecule has 0 aromatic rings. The first kappa shape index (κ1) is 14.2. The van der Waals surface area contributed by atoms with Crippen LogP contribution in [0.3, 0.4) is 0 Å². The van der Waals surface area contributed by atoms with E-state index in [4.69, 9.17) is 0 Å². The molecule has 0 fully saturated rings. The minimum Gasteiger partial charge on any atom is -0.0817 e. The predicted octanol–water partition coefficient (Wildman–Crippen LogP) is 5.14. The Kier molecular flexibility index (Phi) is 5.64. The van der Waals surface area contributed by atoms with Crippen molar-refractivity contribution in [1.29, 1.82) is 0 Å². The Labute approximate surface area is 95.8 Å². The third-order valence-electron chi connectivity index (χ3n) is 2.00. The molecule has 0 spiro atoms. The van der Waals surface area contributed by atoms with Gasteiger partial charge in [0.15, 0.2) is 0 Å². The molecule has 0 aromatic heterocycles. The predicted molar refractivity (Wildman–Crippen MR) is 70.9 cm³/mol. The van der Waals surface area contributed by atoms with Gasteiger partial charge in [-0.1, -0.05) is 63.1 Å². The van der Waals surface area contributed by atoms with Gasteiger partial charge in [-0.05, 0) is 26.7 Å². The highest BCUT2D eigenvalue weighted by molar-refractivity contribution is 5.23. The van der Waals surface area contributed by atoms with Crippen LogP contribution in [0.25, 0.3) is 0 Å². The summed E-state index contributed by atoms with van der Waals surface area (Å²) in [5, 5.41) is 0. The van der Waals surface area contributed by atoms with E-state index in [0.717, 1.165) is 0 Å². The largest absolute Gasteiger partial charge is 0.0817 e. The number of hydrogen-bond acceptors (Lipinski definition) is 0. The molecule has 0 saturated heterocycles. The molecule has 0 nitrogen and oxygen atoms in total. The number of allylic oxidation sites excluding steroid dienone is 6. The Bertz CT molecular complexity index is 268. The van der Waals surface area contributed by atoms with Crippen LogP contribution in [-0.2, 0) is 0 Å². The van der Waals surface area contributed by atoms with Gasteiger partial charge >= 0.3 is 0 Å². The Morgan fingerprint density at radius 3 is 1.93 bits per heavy atom. The molecule has 86 valence electrons. The summed E-state index contributed by atoms with van der Waals surface area (Å²) < 4.78 is 0. The first-order chi connectivity index (χ1) is 6.73. The van der Waals surface area contributed by atoms with Crippen molar-refractivity contribution in [3.8, 4) is 0 Å². The maximum atomic E-state index is 2.32. The molecule has 0 radical (unpaired) electrons. The van der Waals surface area contributed by atoms with E-state index in [0.29, 0.717) is 5.92 Å². The van der Waals surface area contributed by atoms with E-state index in [9.17, 15) is 0 Å². The highest BCUT2D eigenvalue weighted by Gasteiger charge is 2.09. The Hall–Kier alpha value is -0.780. The van der Waals surface area contributed by atoms with E-state index in [-0.39, 0.29) is 5.41 Å². The van der Waals surface area contributed by atoms with E-state index >= 15 is 0 Å². The van der Waals surface area contributed by atoms with Gasteiger partial charge in [0.25, 0.3) is 0 Å². The quantitative estimate of drug-likeness (QED) is 0.441. The Balaban J connectivity index is 4.67. The van der Waals surface area contributed by atoms with E-state index in [2.05, 4.69) is 72.8 Å². The van der Waals surface area contributed by atoms with Gasteiger partial charge in [-0.15, -0.1) is 0 Å². The average molecular weight is 206 g/mol. The second-order valence-corrected chi connectivity index (χ2v) is 5.53. The number of rotatable bonds is 4. The fourth-order valence-electron chi connectivity index (χ4n) is 1.76. The lowest BCUT2D eigenvalue weighted by Crippen LogP contribution is -2.04. The summed E-state index contributed by atoms with van der Waals surface area (Å²) in [5.41, 5.74) is 2.87. The van der Waals surface area contributed by atoms with Crippen molar-refractivity contribution < 1.29 is 0 Å². The van der Waals surface area contributed by atoms with Crippen molar-refractivity contribution in [2.75, 3.05) is 0 Å². The molecule has 0 aliphatic heterocycles. The van der Waals surface area contributed by atoms with Crippen LogP contribution in [0.1, 0.15) is 48.5 Å². The fraction of sp³-hybridized carbons (Fsp3) is 0.600. The van der Waals surface area contributed by atoms with Crippen LogP contribution in [-0.4, -0.2) is 0 Å². The van der Waals surface area contributed by atoms with Crippen LogP contribution >= 0.6 is 0 Å². The Morgan fingerprint density at radius 1 is 1.00 bits per heavy atom. The number of hydrogen-bond donors (Lipinski definition) is 0. The topological polar surface area (TPSA) is 0 Å². The molecule has 0 aliphatic rings. The van der Waals surface area contributed by atoms with E-state index in [1.54, 1.807) is 0 Å². The fourth-order valence-corrected chi connectivity index (χ4v) is 1.76. The summed E-state index contributed by atoms with van der Waals surface area (Å²) in [4.78, 5) is 0. The van der Waals surface area contributed by atoms with Crippen LogP contribution in [0.4, 0.5) is 0 Å². The second-order valence-electron chi connectivity index (χ2n) is 5.53. The van der Waals surface area contributed by atoms with Gasteiger partial charge in [0.2, 0.25) is 0 Å². The summed E-state index contributed by atoms with van der Waals surface area (Å²) >= 11 is 0. The molecule has 0 heterocycles. The molecule has 0 amide bonds. The van der Waals surface area contributed by atoms with Crippen molar-refractivity contribution in [3.05, 3.63) is 35.5 Å². The zero-order valence-corrected chi connectivity index (χ0v) is 11.4. The first-order valence-corrected chi connectivity index (χ1v) is 5.76. The van der Waals surface area contributed by atoms with Crippen LogP contribution in [0, 0.1) is 11.3 Å². The van der Waals surface area contributed by atoms with Gasteiger partial charge < -0.3 is 0 Å². The van der Waals surface area contributed by atoms with Crippen molar-refractivity contribution in [2.24, 2.45) is 11.3 Å². The summed E-state index contributed by atoms with van der Waals surface area (Å²) in [6.45, 7) is 15.3. The Morgan fingerprint density at radius 2 is 1.53 bits per heavy atom. The van der Waals surface area contributed by atoms with Crippen LogP contribution in [0.2, 0.25) is 0 Å². The minimum atomic E-state index is 0.157. The lowest BCUT2D eigenvalue weighted by Gasteiger charge is -2.17. The molecule has 0 atom stereocenters. The summed E-state index contributed by atoms with van der Waals surface area (Å²) in [7, 11) is 0. The molecular weight excluding hydrogens is 180 g/mol. The molecule has 0 aliphatic carbocycles. The van der Waals surface area contributed by atoms with Crippen LogP contribution in [0.5, 0.6) is 0 Å². The molecule has 0 saturated carbocycles. The summed E-state index contributed by atoms with van der Waals surface area (Å²) in [5.74, 6) is 0.625. The van der Waals surface area contributed by atoms with Crippen molar-refractivity contribution >= 4 is 0 Å². The lowest BCUT2D eigenvalue weighted by atomic mass is 9.89. The monoisotopic (exact) mass is 206 g/mol. The van der Waals surface area contributed by atoms with Gasteiger partial charge in [0.1, 0.15) is 0 Å². The maximum Gasteiger partial charge on any atom is 0.00126 e. The van der Waals surface area contributed by atoms with Crippen molar-refractivity contribution in [2.45, 2.75) is 48.5 Å². The SMILES string of the molecule is CC(C)=CC(C)(C)C=C(C)C=CC(C)C. The van der Waals surface area contributed by atoms with Gasteiger partial charge in [-0.25, -0.2) is 0 Å². The highest BCUT2D eigenvalue weighted by atomic mass is 14.1. The molecular formula is C15H26. The standard InChI is InChI=1S/C15H26/c1-12(2)8-9-14(5)11-15(6,7)10-13(3)4/h8-12H,1-7H3. The minimum absolute atomic E-state index is 0.157. The molecule has 0 bridgehead atoms. The second kappa shape index (κ2) is 5.95. The zero-order chi connectivity index (χ0) is 12.1. The van der Waals surface area contributed by atoms with Crippen LogP contribution < -0.4 is 0 Å². The van der Waals surface area contributed by atoms with E-state index in [1.165, 1.54) is 11.1 Å². The normalized spacial score (nSPS) is 13.7. The van der Waals surface area contributed by atoms with E-state index in [1.807, 2.05) is 0 Å². The molecule has 0 aromatic carbocycles. The van der Waals surface area contributed by atoms with Crippen molar-refractivity contribution in [3.63, 3.8) is 0 Å². The van der Waals surface area contributed by atoms with Gasteiger partial charge in [-0.2, -0.15) is 0 Å². The molecule has 0 N–H and O–H groups in total. The first-order valence-electron chi connectivity index (χ1n) is 5.76. The van der Waals surface area contributed by atoms with Crippen molar-refractivity contribution in [1.82, 2.24) is 0 Å². The maximum absolute atomic E-state index is 2.32. The molecule has 0 heteroatoms.